The third kappa shape index (κ3) is 4.06. The van der Waals surface area contributed by atoms with Crippen LogP contribution in [0, 0.1) is 0 Å². The van der Waals surface area contributed by atoms with Gasteiger partial charge in [-0.1, -0.05) is 0 Å². The van der Waals surface area contributed by atoms with E-state index in [1.165, 1.54) is 18.1 Å². The van der Waals surface area contributed by atoms with Crippen LogP contribution in [0.15, 0.2) is 17.4 Å². The van der Waals surface area contributed by atoms with E-state index >= 15 is 0 Å². The quantitative estimate of drug-likeness (QED) is 0.605. The van der Waals surface area contributed by atoms with E-state index in [4.69, 9.17) is 5.11 Å². The zero-order valence-corrected chi connectivity index (χ0v) is 10.3. The van der Waals surface area contributed by atoms with Crippen LogP contribution in [0.5, 0.6) is 0 Å². The summed E-state index contributed by atoms with van der Waals surface area (Å²) in [4.78, 5) is 18.7. The molecule has 16 heavy (non-hydrogen) atoms. The van der Waals surface area contributed by atoms with E-state index in [1.54, 1.807) is 6.07 Å². The molecule has 0 saturated heterocycles. The van der Waals surface area contributed by atoms with Gasteiger partial charge in [-0.25, -0.2) is 9.97 Å². The molecule has 0 spiro atoms. The van der Waals surface area contributed by atoms with Crippen LogP contribution in [0.25, 0.3) is 0 Å². The molecule has 0 aromatic carbocycles. The molecule has 0 aliphatic heterocycles. The van der Waals surface area contributed by atoms with Gasteiger partial charge in [0.05, 0.1) is 6.42 Å². The predicted octanol–water partition coefficient (Wildman–Crippen LogP) is 1.86. The summed E-state index contributed by atoms with van der Waals surface area (Å²) in [7, 11) is 0. The van der Waals surface area contributed by atoms with Crippen LogP contribution in [0.4, 0.5) is 5.82 Å². The topological polar surface area (TPSA) is 75.1 Å². The Morgan fingerprint density at radius 3 is 2.81 bits per heavy atom. The Morgan fingerprint density at radius 2 is 2.25 bits per heavy atom. The molecule has 0 bridgehead atoms. The molecule has 1 aromatic rings. The number of nitrogens with one attached hydrogen (secondary N) is 1. The maximum absolute atomic E-state index is 10.7. The van der Waals surface area contributed by atoms with Gasteiger partial charge in [-0.05, 0) is 20.1 Å². The van der Waals surface area contributed by atoms with E-state index in [0.717, 1.165) is 5.03 Å². The summed E-state index contributed by atoms with van der Waals surface area (Å²) < 4.78 is 0. The van der Waals surface area contributed by atoms with Gasteiger partial charge in [-0.3, -0.25) is 4.79 Å². The van der Waals surface area contributed by atoms with Crippen LogP contribution in [-0.4, -0.2) is 32.8 Å². The number of thioether (sulfide) groups is 1. The minimum absolute atomic E-state index is 0.0333. The summed E-state index contributed by atoms with van der Waals surface area (Å²) >= 11 is 1.52. The highest BCUT2D eigenvalue weighted by molar-refractivity contribution is 7.98. The molecule has 0 radical (unpaired) electrons. The van der Waals surface area contributed by atoms with E-state index in [1.807, 2.05) is 20.1 Å². The van der Waals surface area contributed by atoms with Crippen LogP contribution in [0.1, 0.15) is 20.3 Å². The fraction of sp³-hybridized carbons (Fsp3) is 0.500. The van der Waals surface area contributed by atoms with Gasteiger partial charge in [0.2, 0.25) is 0 Å². The number of hydrogen-bond acceptors (Lipinski definition) is 5. The lowest BCUT2D eigenvalue weighted by atomic mass is 10.0. The second-order valence-corrected chi connectivity index (χ2v) is 4.85. The molecule has 0 saturated carbocycles. The lowest BCUT2D eigenvalue weighted by Crippen LogP contribution is -2.34. The van der Waals surface area contributed by atoms with Crippen molar-refractivity contribution in [2.45, 2.75) is 30.8 Å². The van der Waals surface area contributed by atoms with Crippen molar-refractivity contribution >= 4 is 23.5 Å². The molecular formula is C10H15N3O2S. The summed E-state index contributed by atoms with van der Waals surface area (Å²) in [5.41, 5.74) is -0.532. The molecule has 1 heterocycles. The number of anilines is 1. The first-order chi connectivity index (χ1) is 7.43. The normalized spacial score (nSPS) is 11.2. The van der Waals surface area contributed by atoms with Crippen molar-refractivity contribution in [2.75, 3.05) is 11.6 Å². The summed E-state index contributed by atoms with van der Waals surface area (Å²) in [6.07, 6.45) is 3.42. The number of carboxylic acids is 1. The lowest BCUT2D eigenvalue weighted by molar-refractivity contribution is -0.137. The first-order valence-electron chi connectivity index (χ1n) is 4.79. The minimum Gasteiger partial charge on any atom is -0.481 e. The van der Waals surface area contributed by atoms with Crippen LogP contribution in [0.3, 0.4) is 0 Å². The number of carbonyl (C=O) groups is 1. The zero-order chi connectivity index (χ0) is 12.2. The highest BCUT2D eigenvalue weighted by Crippen LogP contribution is 2.19. The van der Waals surface area contributed by atoms with Crippen molar-refractivity contribution in [3.05, 3.63) is 12.4 Å². The second-order valence-electron chi connectivity index (χ2n) is 4.03. The highest BCUT2D eigenvalue weighted by atomic mass is 32.2. The van der Waals surface area contributed by atoms with Gasteiger partial charge in [0, 0.05) is 11.6 Å². The van der Waals surface area contributed by atoms with Gasteiger partial charge in [0.15, 0.2) is 0 Å². The molecule has 0 aliphatic rings. The maximum Gasteiger partial charge on any atom is 0.305 e. The number of aliphatic carboxylic acids is 1. The van der Waals surface area contributed by atoms with Crippen LogP contribution in [-0.2, 0) is 4.79 Å². The Bertz CT molecular complexity index is 382. The molecule has 88 valence electrons. The van der Waals surface area contributed by atoms with Crippen molar-refractivity contribution in [1.29, 1.82) is 0 Å². The van der Waals surface area contributed by atoms with E-state index < -0.39 is 11.5 Å². The Labute approximate surface area is 98.7 Å². The SMILES string of the molecule is CSc1cc(NC(C)(C)CC(=O)O)ncn1. The van der Waals surface area contributed by atoms with E-state index in [2.05, 4.69) is 15.3 Å². The zero-order valence-electron chi connectivity index (χ0n) is 9.52. The van der Waals surface area contributed by atoms with Gasteiger partial charge < -0.3 is 10.4 Å². The molecule has 1 rings (SSSR count). The average Bonchev–Trinajstić information content (AvgIpc) is 2.15. The Hall–Kier alpha value is -1.30. The summed E-state index contributed by atoms with van der Waals surface area (Å²) in [6.45, 7) is 3.64. The summed E-state index contributed by atoms with van der Waals surface area (Å²) in [5.74, 6) is -0.192. The Kier molecular flexibility index (Phi) is 4.12. The standard InChI is InChI=1S/C10H15N3O2S/c1-10(2,5-9(14)15)13-7-4-8(16-3)12-6-11-7/h4,6H,5H2,1-3H3,(H,14,15)(H,11,12,13). The fourth-order valence-corrected chi connectivity index (χ4v) is 1.67. The Morgan fingerprint density at radius 1 is 1.56 bits per heavy atom. The van der Waals surface area contributed by atoms with Crippen molar-refractivity contribution in [2.24, 2.45) is 0 Å². The van der Waals surface area contributed by atoms with Crippen LogP contribution >= 0.6 is 11.8 Å². The second kappa shape index (κ2) is 5.16. The number of rotatable bonds is 5. The lowest BCUT2D eigenvalue weighted by Gasteiger charge is -2.24. The molecule has 0 amide bonds. The minimum atomic E-state index is -0.836. The number of carboxylic acid groups (broad SMARTS) is 1. The largest absolute Gasteiger partial charge is 0.481 e. The van der Waals surface area contributed by atoms with Crippen LogP contribution in [0.2, 0.25) is 0 Å². The van der Waals surface area contributed by atoms with Crippen LogP contribution < -0.4 is 5.32 Å². The van der Waals surface area contributed by atoms with Gasteiger partial charge in [-0.2, -0.15) is 0 Å². The summed E-state index contributed by atoms with van der Waals surface area (Å²) in [6, 6.07) is 1.80. The van der Waals surface area contributed by atoms with Crippen molar-refractivity contribution in [1.82, 2.24) is 9.97 Å². The van der Waals surface area contributed by atoms with Gasteiger partial charge in [-0.15, -0.1) is 11.8 Å². The van der Waals surface area contributed by atoms with E-state index in [-0.39, 0.29) is 6.42 Å². The third-order valence-electron chi connectivity index (χ3n) is 1.91. The van der Waals surface area contributed by atoms with Crippen molar-refractivity contribution in [3.63, 3.8) is 0 Å². The molecule has 6 heteroatoms. The molecule has 0 unspecified atom stereocenters. The van der Waals surface area contributed by atoms with E-state index in [0.29, 0.717) is 5.82 Å². The fourth-order valence-electron chi connectivity index (χ4n) is 1.29. The molecule has 0 atom stereocenters. The molecule has 0 aliphatic carbocycles. The molecule has 1 aromatic heterocycles. The molecule has 0 fully saturated rings. The van der Waals surface area contributed by atoms with Gasteiger partial charge in [0.25, 0.3) is 0 Å². The number of nitrogens with zero attached hydrogens (tertiary/aromatic N) is 2. The van der Waals surface area contributed by atoms with Crippen molar-refractivity contribution < 1.29 is 9.90 Å². The molecule has 5 nitrogen and oxygen atoms in total. The van der Waals surface area contributed by atoms with E-state index in [9.17, 15) is 4.79 Å². The maximum atomic E-state index is 10.7. The first-order valence-corrected chi connectivity index (χ1v) is 6.01. The third-order valence-corrected chi connectivity index (χ3v) is 2.55. The average molecular weight is 241 g/mol. The number of aromatic nitrogens is 2. The highest BCUT2D eigenvalue weighted by Gasteiger charge is 2.21. The predicted molar refractivity (Wildman–Crippen MR) is 63.8 cm³/mol. The summed E-state index contributed by atoms with van der Waals surface area (Å²) in [5, 5.41) is 12.7. The number of hydrogen-bond donors (Lipinski definition) is 2. The first kappa shape index (κ1) is 12.8. The Balaban J connectivity index is 2.75. The van der Waals surface area contributed by atoms with Crippen molar-refractivity contribution in [3.8, 4) is 0 Å². The van der Waals surface area contributed by atoms with Gasteiger partial charge >= 0.3 is 5.97 Å². The molecular weight excluding hydrogens is 226 g/mol. The monoisotopic (exact) mass is 241 g/mol. The smallest absolute Gasteiger partial charge is 0.305 e. The van der Waals surface area contributed by atoms with Gasteiger partial charge in [0.1, 0.15) is 17.2 Å². The molecule has 2 N–H and O–H groups in total.